The molecule has 3 N–H and O–H groups in total. The number of fused-ring (bicyclic) bond motifs is 2. The summed E-state index contributed by atoms with van der Waals surface area (Å²) in [6.07, 6.45) is 5.52. The molecule has 3 unspecified atom stereocenters. The predicted molar refractivity (Wildman–Crippen MR) is 166 cm³/mol. The number of nitrogen functional groups attached to an aromatic ring is 1. The second-order valence-corrected chi connectivity index (χ2v) is 16.5. The lowest BCUT2D eigenvalue weighted by Gasteiger charge is -2.40. The minimum Gasteiger partial charge on any atom is -0.384 e. The first-order valence-electron chi connectivity index (χ1n) is 14.6. The fourth-order valence-electron chi connectivity index (χ4n) is 7.50. The van der Waals surface area contributed by atoms with Crippen LogP contribution in [0.1, 0.15) is 105 Å². The third kappa shape index (κ3) is 4.74. The van der Waals surface area contributed by atoms with Crippen LogP contribution in [0.4, 0.5) is 11.6 Å². The molecule has 2 bridgehead atoms. The average Bonchev–Trinajstić information content (AvgIpc) is 3.33. The van der Waals surface area contributed by atoms with E-state index in [4.69, 9.17) is 10.7 Å². The molecule has 1 saturated carbocycles. The van der Waals surface area contributed by atoms with Gasteiger partial charge in [-0.25, -0.2) is 14.7 Å². The van der Waals surface area contributed by atoms with Crippen molar-refractivity contribution >= 4 is 33.1 Å². The van der Waals surface area contributed by atoms with Crippen molar-refractivity contribution < 1.29 is 14.6 Å². The number of pyridine rings is 2. The van der Waals surface area contributed by atoms with Gasteiger partial charge in [-0.3, -0.25) is 4.79 Å². The number of amides is 1. The highest BCUT2D eigenvalue weighted by Crippen LogP contribution is 2.68. The zero-order valence-electron chi connectivity index (χ0n) is 25.9. The van der Waals surface area contributed by atoms with E-state index < -0.39 is 15.9 Å². The van der Waals surface area contributed by atoms with Crippen LogP contribution in [0.2, 0.25) is 0 Å². The van der Waals surface area contributed by atoms with Gasteiger partial charge in [0, 0.05) is 24.5 Å². The van der Waals surface area contributed by atoms with Crippen molar-refractivity contribution in [2.45, 2.75) is 97.6 Å². The Bertz CT molecular complexity index is 1560. The fourth-order valence-corrected chi connectivity index (χ4v) is 8.45. The third-order valence-electron chi connectivity index (χ3n) is 10.1. The maximum absolute atomic E-state index is 14.0. The summed E-state index contributed by atoms with van der Waals surface area (Å²) in [5.74, 6) is 0.706. The largest absolute Gasteiger partial charge is 0.384 e. The molecule has 8 nitrogen and oxygen atoms in total. The van der Waals surface area contributed by atoms with Gasteiger partial charge in [0.15, 0.2) is 5.03 Å². The number of sulfonamides is 1. The maximum Gasteiger partial charge on any atom is 0.281 e. The molecule has 2 aliphatic carbocycles. The zero-order valence-corrected chi connectivity index (χ0v) is 26.7. The van der Waals surface area contributed by atoms with Crippen molar-refractivity contribution in [2.24, 2.45) is 22.7 Å². The van der Waals surface area contributed by atoms with Gasteiger partial charge in [-0.2, -0.15) is 8.42 Å². The highest BCUT2D eigenvalue weighted by atomic mass is 32.2. The average molecular weight is 582 g/mol. The number of hydrogen-bond donors (Lipinski definition) is 2. The molecule has 3 atom stereocenters. The molecule has 5 rings (SSSR count). The molecule has 1 amide bonds. The Morgan fingerprint density at radius 1 is 1.15 bits per heavy atom. The monoisotopic (exact) mass is 581 g/mol. The van der Waals surface area contributed by atoms with Gasteiger partial charge in [-0.05, 0) is 79.5 Å². The molecule has 3 aliphatic rings. The lowest BCUT2D eigenvalue weighted by molar-refractivity contribution is 0.0981. The van der Waals surface area contributed by atoms with E-state index in [1.807, 2.05) is 6.07 Å². The number of anilines is 2. The zero-order chi connectivity index (χ0) is 30.3. The summed E-state index contributed by atoms with van der Waals surface area (Å²) in [4.78, 5) is 25.5. The van der Waals surface area contributed by atoms with Gasteiger partial charge in [0.25, 0.3) is 15.9 Å². The molecule has 9 heteroatoms. The van der Waals surface area contributed by atoms with Gasteiger partial charge in [0.2, 0.25) is 0 Å². The number of allylic oxidation sites excluding steroid dienone is 2. The topological polar surface area (TPSA) is 118 Å². The first-order valence-corrected chi connectivity index (χ1v) is 16.1. The van der Waals surface area contributed by atoms with E-state index in [1.54, 1.807) is 0 Å². The van der Waals surface area contributed by atoms with Crippen molar-refractivity contribution in [3.63, 3.8) is 0 Å². The molecular weight excluding hydrogens is 534 g/mol. The predicted octanol–water partition coefficient (Wildman–Crippen LogP) is 6.19. The van der Waals surface area contributed by atoms with E-state index in [-0.39, 0.29) is 39.6 Å². The smallest absolute Gasteiger partial charge is 0.281 e. The van der Waals surface area contributed by atoms with Crippen LogP contribution >= 0.6 is 0 Å². The number of carbonyl (C=O) groups excluding carboxylic acids is 1. The molecule has 0 radical (unpaired) electrons. The number of hydrogen-bond acceptors (Lipinski definition) is 7. The Morgan fingerprint density at radius 2 is 1.83 bits per heavy atom. The van der Waals surface area contributed by atoms with E-state index in [2.05, 4.69) is 83.0 Å². The quantitative estimate of drug-likeness (QED) is 0.432. The van der Waals surface area contributed by atoms with Crippen molar-refractivity contribution in [1.82, 2.24) is 14.7 Å². The molecule has 0 aromatic carbocycles. The summed E-state index contributed by atoms with van der Waals surface area (Å²) < 4.78 is 28.9. The molecule has 2 aromatic rings. The van der Waals surface area contributed by atoms with Gasteiger partial charge in [0.1, 0.15) is 11.6 Å². The Balaban J connectivity index is 0.00000405. The number of carbonyl (C=O) groups is 1. The van der Waals surface area contributed by atoms with Gasteiger partial charge in [0.05, 0.1) is 11.3 Å². The Kier molecular flexibility index (Phi) is 6.69. The van der Waals surface area contributed by atoms with Crippen molar-refractivity contribution in [3.05, 3.63) is 47.2 Å². The summed E-state index contributed by atoms with van der Waals surface area (Å²) in [7, 11) is -4.27. The van der Waals surface area contributed by atoms with Crippen molar-refractivity contribution in [2.75, 3.05) is 17.2 Å². The van der Waals surface area contributed by atoms with Crippen LogP contribution in [-0.2, 0) is 15.4 Å². The van der Waals surface area contributed by atoms with Crippen LogP contribution in [0.15, 0.2) is 35.4 Å². The summed E-state index contributed by atoms with van der Waals surface area (Å²) in [6, 6.07) is 6.24. The maximum atomic E-state index is 14.0. The lowest BCUT2D eigenvalue weighted by atomic mass is 9.65. The van der Waals surface area contributed by atoms with Gasteiger partial charge < -0.3 is 10.6 Å². The first-order chi connectivity index (χ1) is 18.8. The lowest BCUT2D eigenvalue weighted by Crippen LogP contribution is -2.41. The number of nitrogens with two attached hydrogens (primary N) is 1. The van der Waals surface area contributed by atoms with Crippen LogP contribution in [0.25, 0.3) is 5.57 Å². The van der Waals surface area contributed by atoms with E-state index in [1.165, 1.54) is 23.8 Å². The van der Waals surface area contributed by atoms with E-state index >= 15 is 0 Å². The fraction of sp³-hybridized carbons (Fsp3) is 0.594. The molecule has 3 heterocycles. The Hall–Kier alpha value is -2.94. The highest BCUT2D eigenvalue weighted by Gasteiger charge is 2.58. The molecule has 0 spiro atoms. The van der Waals surface area contributed by atoms with E-state index in [9.17, 15) is 13.2 Å². The van der Waals surface area contributed by atoms with Crippen LogP contribution in [0, 0.1) is 22.7 Å². The van der Waals surface area contributed by atoms with Crippen molar-refractivity contribution in [3.8, 4) is 0 Å². The van der Waals surface area contributed by atoms with Crippen LogP contribution in [0.3, 0.4) is 0 Å². The van der Waals surface area contributed by atoms with E-state index in [0.29, 0.717) is 17.7 Å². The second-order valence-electron chi connectivity index (χ2n) is 14.9. The summed E-state index contributed by atoms with van der Waals surface area (Å²) in [5, 5.41) is -0.299. The van der Waals surface area contributed by atoms with Gasteiger partial charge >= 0.3 is 0 Å². The second kappa shape index (κ2) is 9.28. The Labute approximate surface area is 246 Å². The van der Waals surface area contributed by atoms with Crippen LogP contribution in [-0.4, -0.2) is 36.4 Å². The number of aromatic nitrogens is 2. The molecule has 1 aliphatic heterocycles. The van der Waals surface area contributed by atoms with Gasteiger partial charge in [-0.15, -0.1) is 0 Å². The summed E-state index contributed by atoms with van der Waals surface area (Å²) in [6.45, 7) is 20.7. The minimum absolute atomic E-state index is 0. The molecule has 224 valence electrons. The minimum atomic E-state index is -4.27. The van der Waals surface area contributed by atoms with Gasteiger partial charge in [-0.1, -0.05) is 60.6 Å². The molecule has 41 heavy (non-hydrogen) atoms. The number of nitrogens with zero attached hydrogens (tertiary/aromatic N) is 3. The van der Waals surface area contributed by atoms with Crippen LogP contribution in [0.5, 0.6) is 0 Å². The molecule has 2 aromatic heterocycles. The molecular formula is C32H47N5O3S. The summed E-state index contributed by atoms with van der Waals surface area (Å²) >= 11 is 0. The molecule has 2 fully saturated rings. The third-order valence-corrected chi connectivity index (χ3v) is 11.3. The Morgan fingerprint density at radius 3 is 2.34 bits per heavy atom. The molecule has 1 saturated heterocycles. The normalized spacial score (nSPS) is 26.8. The standard InChI is InChI=1S/C32H45N5O3S.H2/c1-19-17-30(5,6)37(18-19)27-22(28(38)36-41(39,40)25-12-10-11-24(33)34-25)16-21(26(35-27)29(2,3)4)23-15-20-13-14-32(23,9)31(20,7)8;/h10-12,15-16,19-20H,13-14,17-18H2,1-9H3,(H2,33,34)(H,36,38);1H. The SMILES string of the molecule is CC1CN(c2nc(C(C)(C)C)c(C3=CC4CCC3(C)C4(C)C)cc2C(=O)NS(=O)(=O)c2cccc(N)n2)C(C)(C)C1.[HH]. The highest BCUT2D eigenvalue weighted by molar-refractivity contribution is 7.90. The number of nitrogens with one attached hydrogen (secondary N) is 1. The first kappa shape index (κ1) is 29.5. The number of rotatable bonds is 5. The van der Waals surface area contributed by atoms with E-state index in [0.717, 1.165) is 37.1 Å². The van der Waals surface area contributed by atoms with Crippen LogP contribution < -0.4 is 15.4 Å². The van der Waals surface area contributed by atoms with Crippen molar-refractivity contribution in [1.29, 1.82) is 0 Å². The summed E-state index contributed by atoms with van der Waals surface area (Å²) in [5.41, 5.74) is 8.52.